The zero-order valence-corrected chi connectivity index (χ0v) is 21.0. The van der Waals surface area contributed by atoms with Crippen LogP contribution < -0.4 is 26.2 Å². The average Bonchev–Trinajstić information content (AvgIpc) is 3.32. The van der Waals surface area contributed by atoms with Gasteiger partial charge in [0.05, 0.1) is 7.11 Å². The second-order valence-corrected chi connectivity index (χ2v) is 7.72. The highest BCUT2D eigenvalue weighted by atomic mass is 16.5. The molecule has 0 bridgehead atoms. The lowest BCUT2D eigenvalue weighted by Gasteiger charge is -2.20. The summed E-state index contributed by atoms with van der Waals surface area (Å²) in [6, 6.07) is 15.0. The number of hydrogen-bond donors (Lipinski definition) is 5. The number of nitrogen functional groups attached to an aromatic ring is 1. The fraction of sp³-hybridized carbons (Fsp3) is 0.160. The van der Waals surface area contributed by atoms with Crippen LogP contribution in [0.1, 0.15) is 29.9 Å². The van der Waals surface area contributed by atoms with Crippen molar-refractivity contribution in [3.8, 4) is 23.5 Å². The van der Waals surface area contributed by atoms with Gasteiger partial charge in [-0.3, -0.25) is 15.2 Å². The van der Waals surface area contributed by atoms with Crippen LogP contribution in [0.15, 0.2) is 65.7 Å². The van der Waals surface area contributed by atoms with E-state index in [1.54, 1.807) is 48.5 Å². The van der Waals surface area contributed by atoms with Gasteiger partial charge in [0.15, 0.2) is 23.9 Å². The Labute approximate surface area is 222 Å². The van der Waals surface area contributed by atoms with Crippen molar-refractivity contribution < 1.29 is 19.4 Å². The molecule has 0 spiro atoms. The Balaban J connectivity index is 0.000000983. The number of carboxylic acid groups (broad SMARTS) is 1. The number of methoxy groups -OCH3 is 1. The van der Waals surface area contributed by atoms with Crippen LogP contribution in [0.5, 0.6) is 11.5 Å². The van der Waals surface area contributed by atoms with Gasteiger partial charge in [-0.05, 0) is 48.0 Å². The zero-order valence-electron chi connectivity index (χ0n) is 21.0. The molecule has 14 nitrogen and oxygen atoms in total. The molecule has 1 atom stereocenters. The molecule has 200 valence electrons. The van der Waals surface area contributed by atoms with E-state index in [-0.39, 0.29) is 18.4 Å². The largest absolute Gasteiger partial charge is 0.493 e. The summed E-state index contributed by atoms with van der Waals surface area (Å²) in [5.74, 6) is 0.355. The molecule has 14 heteroatoms. The number of carboxylic acids is 1. The average molecular weight is 532 g/mol. The Bertz CT molecular complexity index is 1520. The van der Waals surface area contributed by atoms with Crippen molar-refractivity contribution in [2.75, 3.05) is 19.0 Å². The Kier molecular flexibility index (Phi) is 9.30. The van der Waals surface area contributed by atoms with Crippen LogP contribution >= 0.6 is 0 Å². The molecule has 39 heavy (non-hydrogen) atoms. The molecule has 2 aromatic heterocycles. The molecule has 6 N–H and O–H groups in total. The summed E-state index contributed by atoms with van der Waals surface area (Å²) in [5.41, 5.74) is 7.00. The minimum Gasteiger partial charge on any atom is -0.493 e. The normalized spacial score (nSPS) is 10.8. The molecule has 0 aliphatic rings. The second kappa shape index (κ2) is 13.0. The number of benzene rings is 2. The quantitative estimate of drug-likeness (QED) is 0.155. The molecule has 2 heterocycles. The van der Waals surface area contributed by atoms with Crippen molar-refractivity contribution in [1.29, 1.82) is 10.7 Å². The van der Waals surface area contributed by atoms with E-state index in [0.717, 1.165) is 11.6 Å². The van der Waals surface area contributed by atoms with Gasteiger partial charge in [0, 0.05) is 30.6 Å². The summed E-state index contributed by atoms with van der Waals surface area (Å²) in [6.45, 7) is 0.953. The number of hydrogen-bond acceptors (Lipinski definition) is 10. The van der Waals surface area contributed by atoms with Crippen LogP contribution in [0.25, 0.3) is 5.95 Å². The Morgan fingerprint density at radius 2 is 1.90 bits per heavy atom. The van der Waals surface area contributed by atoms with E-state index in [0.29, 0.717) is 34.1 Å². The molecule has 4 rings (SSSR count). The van der Waals surface area contributed by atoms with Gasteiger partial charge in [0.25, 0.3) is 11.9 Å². The fourth-order valence-electron chi connectivity index (χ4n) is 3.32. The predicted molar refractivity (Wildman–Crippen MR) is 140 cm³/mol. The molecule has 1 unspecified atom stereocenters. The lowest BCUT2D eigenvalue weighted by molar-refractivity contribution is -0.134. The van der Waals surface area contributed by atoms with Crippen molar-refractivity contribution in [3.63, 3.8) is 0 Å². The molecule has 0 amide bonds. The second-order valence-electron chi connectivity index (χ2n) is 7.72. The molecule has 0 saturated carbocycles. The van der Waals surface area contributed by atoms with Crippen molar-refractivity contribution >= 4 is 17.5 Å². The Morgan fingerprint density at radius 3 is 2.49 bits per heavy atom. The van der Waals surface area contributed by atoms with Gasteiger partial charge in [-0.15, -0.1) is 9.78 Å². The van der Waals surface area contributed by atoms with Gasteiger partial charge >= 0.3 is 5.69 Å². The van der Waals surface area contributed by atoms with Gasteiger partial charge < -0.3 is 25.6 Å². The number of aromatic nitrogens is 5. The van der Waals surface area contributed by atoms with Gasteiger partial charge in [-0.2, -0.15) is 5.26 Å². The fourth-order valence-corrected chi connectivity index (χ4v) is 3.32. The first kappa shape index (κ1) is 27.9. The van der Waals surface area contributed by atoms with E-state index in [9.17, 15) is 4.79 Å². The molecular weight excluding hydrogens is 506 g/mol. The lowest BCUT2D eigenvalue weighted by Crippen LogP contribution is -2.18. The third kappa shape index (κ3) is 7.40. The number of ether oxygens (including phenoxy) is 2. The molecule has 4 aromatic rings. The maximum absolute atomic E-state index is 12.7. The maximum atomic E-state index is 12.7. The van der Waals surface area contributed by atoms with Gasteiger partial charge in [-0.25, -0.2) is 14.8 Å². The highest BCUT2D eigenvalue weighted by Crippen LogP contribution is 2.33. The van der Waals surface area contributed by atoms with E-state index in [4.69, 9.17) is 35.8 Å². The summed E-state index contributed by atoms with van der Waals surface area (Å²) >= 11 is 0. The van der Waals surface area contributed by atoms with Gasteiger partial charge in [0.1, 0.15) is 17.9 Å². The highest BCUT2D eigenvalue weighted by molar-refractivity contribution is 5.95. The molecule has 0 saturated heterocycles. The van der Waals surface area contributed by atoms with E-state index in [1.165, 1.54) is 19.5 Å². The smallest absolute Gasteiger partial charge is 0.350 e. The third-order valence-electron chi connectivity index (χ3n) is 4.97. The standard InChI is InChI=1S/C23H21N9O3.C2H4O2/c1-34-18-13-15(5-8-17(18)35-12-9-24)19(29-16-6-3-14(4-7-16)20(25)26)21-30-23(33)32(31-21)22-27-10-2-11-28-22;1-2(3)4/h2-8,10-11,13,19,29H,12H2,1H3,(H3,25,26)(H,30,31,33);1H3,(H,3,4). The lowest BCUT2D eigenvalue weighted by atomic mass is 10.0. The number of nitrogens with two attached hydrogens (primary N) is 1. The number of rotatable bonds is 9. The monoisotopic (exact) mass is 531 g/mol. The first-order valence-corrected chi connectivity index (χ1v) is 11.3. The Hall–Kier alpha value is -5.71. The summed E-state index contributed by atoms with van der Waals surface area (Å²) in [4.78, 5) is 32.6. The molecule has 0 fully saturated rings. The SMILES string of the molecule is CC(=O)O.COc1cc(C(Nc2ccc(C(=N)N)cc2)c2nn(-c3ncccn3)c(=O)[nH]2)ccc1OCC#N. The van der Waals surface area contributed by atoms with Crippen LogP contribution in [-0.4, -0.2) is 55.4 Å². The van der Waals surface area contributed by atoms with Crippen LogP contribution in [0.3, 0.4) is 0 Å². The topological polar surface area (TPSA) is 218 Å². The van der Waals surface area contributed by atoms with Crippen molar-refractivity contribution in [2.24, 2.45) is 5.73 Å². The number of amidine groups is 1. The van der Waals surface area contributed by atoms with Crippen LogP contribution in [-0.2, 0) is 4.79 Å². The van der Waals surface area contributed by atoms with Crippen molar-refractivity contribution in [1.82, 2.24) is 24.7 Å². The summed E-state index contributed by atoms with van der Waals surface area (Å²) < 4.78 is 11.9. The highest BCUT2D eigenvalue weighted by Gasteiger charge is 2.22. The minimum absolute atomic E-state index is 0.0447. The molecule has 2 aromatic carbocycles. The first-order chi connectivity index (χ1) is 18.7. The maximum Gasteiger partial charge on any atom is 0.350 e. The first-order valence-electron chi connectivity index (χ1n) is 11.3. The molecule has 0 aliphatic heterocycles. The van der Waals surface area contributed by atoms with E-state index in [1.807, 2.05) is 6.07 Å². The number of H-pyrrole nitrogens is 1. The van der Waals surface area contributed by atoms with Gasteiger partial charge in [-0.1, -0.05) is 6.07 Å². The molecule has 0 radical (unpaired) electrons. The summed E-state index contributed by atoms with van der Waals surface area (Å²) in [6.07, 6.45) is 3.03. The van der Waals surface area contributed by atoms with E-state index < -0.39 is 17.7 Å². The number of aromatic amines is 1. The van der Waals surface area contributed by atoms with E-state index in [2.05, 4.69) is 25.4 Å². The number of anilines is 1. The number of aliphatic carboxylic acids is 1. The Morgan fingerprint density at radius 1 is 1.23 bits per heavy atom. The van der Waals surface area contributed by atoms with Crippen LogP contribution in [0.2, 0.25) is 0 Å². The predicted octanol–water partition coefficient (Wildman–Crippen LogP) is 1.84. The van der Waals surface area contributed by atoms with Crippen molar-refractivity contribution in [2.45, 2.75) is 13.0 Å². The number of nitrogens with zero attached hydrogens (tertiary/aromatic N) is 5. The van der Waals surface area contributed by atoms with Crippen LogP contribution in [0, 0.1) is 16.7 Å². The van der Waals surface area contributed by atoms with E-state index >= 15 is 0 Å². The zero-order chi connectivity index (χ0) is 28.4. The summed E-state index contributed by atoms with van der Waals surface area (Å²) in [5, 5.41) is 31.6. The molecule has 0 aliphatic carbocycles. The summed E-state index contributed by atoms with van der Waals surface area (Å²) in [7, 11) is 1.49. The number of carbonyl (C=O) groups is 1. The van der Waals surface area contributed by atoms with Crippen LogP contribution in [0.4, 0.5) is 5.69 Å². The number of nitrogens with one attached hydrogen (secondary N) is 3. The third-order valence-corrected chi connectivity index (χ3v) is 4.97. The minimum atomic E-state index is -0.833. The molecular formula is C25H25N9O5. The number of nitriles is 1. The van der Waals surface area contributed by atoms with Crippen molar-refractivity contribution in [3.05, 3.63) is 88.4 Å². The van der Waals surface area contributed by atoms with Gasteiger partial charge in [0.2, 0.25) is 0 Å².